The number of halogens is 1. The summed E-state index contributed by atoms with van der Waals surface area (Å²) in [5.41, 5.74) is 1.58. The van der Waals surface area contributed by atoms with Gasteiger partial charge in [0.2, 0.25) is 0 Å². The second-order valence-corrected chi connectivity index (χ2v) is 5.34. The lowest BCUT2D eigenvalue weighted by atomic mass is 10.1. The molecule has 0 aliphatic rings. The zero-order chi connectivity index (χ0) is 11.3. The molecule has 0 aliphatic carbocycles. The third-order valence-electron chi connectivity index (χ3n) is 2.21. The molecule has 1 N–H and O–H groups in total. The Hall–Kier alpha value is -0.530. The molecule has 0 bridgehead atoms. The van der Waals surface area contributed by atoms with E-state index in [2.05, 4.69) is 38.2 Å². The van der Waals surface area contributed by atoms with Gasteiger partial charge in [0, 0.05) is 10.6 Å². The van der Waals surface area contributed by atoms with E-state index in [0.717, 1.165) is 18.0 Å². The Morgan fingerprint density at radius 3 is 2.27 bits per heavy atom. The summed E-state index contributed by atoms with van der Waals surface area (Å²) in [5.74, 6) is 0. The SMILES string of the molecule is CC(C)(C)NCCCc1ccc(Cl)cc1. The maximum Gasteiger partial charge on any atom is 0.0406 e. The topological polar surface area (TPSA) is 12.0 Å². The average molecular weight is 226 g/mol. The molecule has 0 spiro atoms. The van der Waals surface area contributed by atoms with Gasteiger partial charge in [-0.2, -0.15) is 0 Å². The summed E-state index contributed by atoms with van der Waals surface area (Å²) in [5, 5.41) is 4.29. The Morgan fingerprint density at radius 1 is 1.13 bits per heavy atom. The minimum atomic E-state index is 0.222. The molecule has 0 aromatic heterocycles. The van der Waals surface area contributed by atoms with Gasteiger partial charge in [0.25, 0.3) is 0 Å². The first-order chi connectivity index (χ1) is 6.97. The molecule has 0 radical (unpaired) electrons. The highest BCUT2D eigenvalue weighted by atomic mass is 35.5. The first kappa shape index (κ1) is 12.5. The van der Waals surface area contributed by atoms with Crippen molar-refractivity contribution in [3.05, 3.63) is 34.9 Å². The van der Waals surface area contributed by atoms with Gasteiger partial charge in [0.1, 0.15) is 0 Å². The number of benzene rings is 1. The van der Waals surface area contributed by atoms with Crippen molar-refractivity contribution < 1.29 is 0 Å². The summed E-state index contributed by atoms with van der Waals surface area (Å²) in [6, 6.07) is 8.10. The predicted octanol–water partition coefficient (Wildman–Crippen LogP) is 3.66. The van der Waals surface area contributed by atoms with Crippen LogP contribution < -0.4 is 5.32 Å². The molecule has 0 saturated carbocycles. The molecule has 0 atom stereocenters. The van der Waals surface area contributed by atoms with Crippen molar-refractivity contribution in [2.75, 3.05) is 6.54 Å². The molecule has 1 aromatic carbocycles. The third kappa shape index (κ3) is 5.81. The van der Waals surface area contributed by atoms with E-state index in [1.165, 1.54) is 12.0 Å². The Balaban J connectivity index is 2.23. The second-order valence-electron chi connectivity index (χ2n) is 4.91. The molecular formula is C13H20ClN. The first-order valence-electron chi connectivity index (χ1n) is 5.47. The van der Waals surface area contributed by atoms with Crippen LogP contribution in [0.25, 0.3) is 0 Å². The molecule has 0 fully saturated rings. The van der Waals surface area contributed by atoms with Crippen LogP contribution in [0, 0.1) is 0 Å². The fourth-order valence-electron chi connectivity index (χ4n) is 1.41. The molecule has 84 valence electrons. The molecule has 0 heterocycles. The fourth-order valence-corrected chi connectivity index (χ4v) is 1.53. The maximum atomic E-state index is 5.82. The van der Waals surface area contributed by atoms with Crippen LogP contribution in [0.15, 0.2) is 24.3 Å². The lowest BCUT2D eigenvalue weighted by molar-refractivity contribution is 0.422. The van der Waals surface area contributed by atoms with Crippen LogP contribution in [0.5, 0.6) is 0 Å². The van der Waals surface area contributed by atoms with E-state index in [4.69, 9.17) is 11.6 Å². The summed E-state index contributed by atoms with van der Waals surface area (Å²) in [6.07, 6.45) is 2.28. The minimum Gasteiger partial charge on any atom is -0.312 e. The third-order valence-corrected chi connectivity index (χ3v) is 2.46. The van der Waals surface area contributed by atoms with Gasteiger partial charge < -0.3 is 5.32 Å². The minimum absolute atomic E-state index is 0.222. The Labute approximate surface area is 97.8 Å². The van der Waals surface area contributed by atoms with Crippen molar-refractivity contribution in [1.82, 2.24) is 5.32 Å². The first-order valence-corrected chi connectivity index (χ1v) is 5.85. The molecule has 1 rings (SSSR count). The van der Waals surface area contributed by atoms with Crippen LogP contribution in [0.1, 0.15) is 32.8 Å². The van der Waals surface area contributed by atoms with Crippen molar-refractivity contribution in [2.24, 2.45) is 0 Å². The van der Waals surface area contributed by atoms with Crippen molar-refractivity contribution >= 4 is 11.6 Å². The smallest absolute Gasteiger partial charge is 0.0406 e. The van der Waals surface area contributed by atoms with Crippen molar-refractivity contribution in [3.63, 3.8) is 0 Å². The van der Waals surface area contributed by atoms with Gasteiger partial charge in [-0.15, -0.1) is 0 Å². The van der Waals surface area contributed by atoms with E-state index in [-0.39, 0.29) is 5.54 Å². The lowest BCUT2D eigenvalue weighted by Crippen LogP contribution is -2.36. The molecule has 0 unspecified atom stereocenters. The quantitative estimate of drug-likeness (QED) is 0.772. The van der Waals surface area contributed by atoms with E-state index in [1.54, 1.807) is 0 Å². The Bertz CT molecular complexity index is 284. The number of hydrogen-bond donors (Lipinski definition) is 1. The molecule has 2 heteroatoms. The predicted molar refractivity (Wildman–Crippen MR) is 67.5 cm³/mol. The highest BCUT2D eigenvalue weighted by Gasteiger charge is 2.06. The van der Waals surface area contributed by atoms with Crippen LogP contribution in [0.2, 0.25) is 5.02 Å². The number of nitrogens with one attached hydrogen (secondary N) is 1. The highest BCUT2D eigenvalue weighted by Crippen LogP contribution is 2.10. The number of aryl methyl sites for hydroxylation is 1. The van der Waals surface area contributed by atoms with Crippen LogP contribution in [-0.2, 0) is 6.42 Å². The average Bonchev–Trinajstić information content (AvgIpc) is 2.14. The van der Waals surface area contributed by atoms with Crippen molar-refractivity contribution in [1.29, 1.82) is 0 Å². The monoisotopic (exact) mass is 225 g/mol. The Kier molecular flexibility index (Phi) is 4.62. The van der Waals surface area contributed by atoms with Crippen molar-refractivity contribution in [2.45, 2.75) is 39.2 Å². The van der Waals surface area contributed by atoms with Crippen LogP contribution >= 0.6 is 11.6 Å². The zero-order valence-electron chi connectivity index (χ0n) is 9.81. The Morgan fingerprint density at radius 2 is 1.73 bits per heavy atom. The van der Waals surface area contributed by atoms with Gasteiger partial charge in [0.05, 0.1) is 0 Å². The number of rotatable bonds is 4. The maximum absolute atomic E-state index is 5.82. The van der Waals surface area contributed by atoms with Crippen LogP contribution in [0.3, 0.4) is 0 Å². The largest absolute Gasteiger partial charge is 0.312 e. The molecule has 0 saturated heterocycles. The zero-order valence-corrected chi connectivity index (χ0v) is 10.6. The van der Waals surface area contributed by atoms with Gasteiger partial charge in [-0.3, -0.25) is 0 Å². The van der Waals surface area contributed by atoms with Gasteiger partial charge in [-0.05, 0) is 57.9 Å². The molecular weight excluding hydrogens is 206 g/mol. The molecule has 0 amide bonds. The van der Waals surface area contributed by atoms with Gasteiger partial charge >= 0.3 is 0 Å². The van der Waals surface area contributed by atoms with Gasteiger partial charge in [-0.1, -0.05) is 23.7 Å². The summed E-state index contributed by atoms with van der Waals surface area (Å²) >= 11 is 5.82. The lowest BCUT2D eigenvalue weighted by Gasteiger charge is -2.20. The second kappa shape index (κ2) is 5.53. The summed E-state index contributed by atoms with van der Waals surface area (Å²) in [4.78, 5) is 0. The van der Waals surface area contributed by atoms with Gasteiger partial charge in [-0.25, -0.2) is 0 Å². The van der Waals surface area contributed by atoms with E-state index >= 15 is 0 Å². The van der Waals surface area contributed by atoms with E-state index in [9.17, 15) is 0 Å². The summed E-state index contributed by atoms with van der Waals surface area (Å²) in [6.45, 7) is 7.63. The fraction of sp³-hybridized carbons (Fsp3) is 0.538. The molecule has 1 aromatic rings. The molecule has 1 nitrogen and oxygen atoms in total. The van der Waals surface area contributed by atoms with E-state index < -0.39 is 0 Å². The standard InChI is InChI=1S/C13H20ClN/c1-13(2,3)15-10-4-5-11-6-8-12(14)9-7-11/h6-9,15H,4-5,10H2,1-3H3. The van der Waals surface area contributed by atoms with E-state index in [0.29, 0.717) is 0 Å². The molecule has 15 heavy (non-hydrogen) atoms. The normalized spacial score (nSPS) is 11.7. The number of hydrogen-bond acceptors (Lipinski definition) is 1. The van der Waals surface area contributed by atoms with Crippen LogP contribution in [0.4, 0.5) is 0 Å². The van der Waals surface area contributed by atoms with E-state index in [1.807, 2.05) is 12.1 Å². The summed E-state index contributed by atoms with van der Waals surface area (Å²) in [7, 11) is 0. The summed E-state index contributed by atoms with van der Waals surface area (Å²) < 4.78 is 0. The molecule has 0 aliphatic heterocycles. The highest BCUT2D eigenvalue weighted by molar-refractivity contribution is 6.30. The van der Waals surface area contributed by atoms with Crippen molar-refractivity contribution in [3.8, 4) is 0 Å². The van der Waals surface area contributed by atoms with Gasteiger partial charge in [0.15, 0.2) is 0 Å². The van der Waals surface area contributed by atoms with Crippen LogP contribution in [-0.4, -0.2) is 12.1 Å².